The Morgan fingerprint density at radius 3 is 3.17 bits per heavy atom. The zero-order chi connectivity index (χ0) is 11.7. The van der Waals surface area contributed by atoms with Crippen molar-refractivity contribution in [1.82, 2.24) is 10.3 Å². The molecule has 1 aromatic carbocycles. The number of carbonyl (C=O) groups excluding carboxylic acids is 1. The minimum absolute atomic E-state index is 0. The van der Waals surface area contributed by atoms with Crippen molar-refractivity contribution in [3.8, 4) is 0 Å². The molecule has 6 heteroatoms. The molecule has 0 radical (unpaired) electrons. The van der Waals surface area contributed by atoms with E-state index in [9.17, 15) is 4.79 Å². The Labute approximate surface area is 115 Å². The zero-order valence-electron chi connectivity index (χ0n) is 9.68. The van der Waals surface area contributed by atoms with E-state index in [4.69, 9.17) is 0 Å². The predicted molar refractivity (Wildman–Crippen MR) is 76.5 cm³/mol. The molecule has 1 aliphatic heterocycles. The van der Waals surface area contributed by atoms with Crippen LogP contribution >= 0.6 is 23.7 Å². The lowest BCUT2D eigenvalue weighted by Crippen LogP contribution is -2.35. The van der Waals surface area contributed by atoms with Crippen LogP contribution in [0.3, 0.4) is 0 Å². The number of thiazole rings is 1. The first kappa shape index (κ1) is 13.3. The number of aromatic nitrogens is 1. The molecule has 2 N–H and O–H groups in total. The van der Waals surface area contributed by atoms with Crippen molar-refractivity contribution in [2.24, 2.45) is 0 Å². The Morgan fingerprint density at radius 1 is 1.50 bits per heavy atom. The van der Waals surface area contributed by atoms with E-state index in [-0.39, 0.29) is 24.4 Å². The average Bonchev–Trinajstić information content (AvgIpc) is 2.99. The third-order valence-electron chi connectivity index (χ3n) is 2.97. The Balaban J connectivity index is 0.00000120. The van der Waals surface area contributed by atoms with Crippen LogP contribution in [-0.2, 0) is 4.79 Å². The number of nitrogens with one attached hydrogen (secondary N) is 2. The van der Waals surface area contributed by atoms with Crippen LogP contribution in [-0.4, -0.2) is 23.5 Å². The number of halogens is 1. The number of amides is 1. The van der Waals surface area contributed by atoms with Crippen LogP contribution in [0.1, 0.15) is 12.8 Å². The Kier molecular flexibility index (Phi) is 4.16. The molecule has 1 fully saturated rings. The highest BCUT2D eigenvalue weighted by atomic mass is 35.5. The maximum Gasteiger partial charge on any atom is 0.241 e. The molecule has 1 saturated heterocycles. The molecule has 1 atom stereocenters. The van der Waals surface area contributed by atoms with E-state index >= 15 is 0 Å². The fourth-order valence-electron chi connectivity index (χ4n) is 2.07. The van der Waals surface area contributed by atoms with Crippen molar-refractivity contribution in [3.63, 3.8) is 0 Å². The van der Waals surface area contributed by atoms with Crippen LogP contribution in [0.15, 0.2) is 23.7 Å². The van der Waals surface area contributed by atoms with Gasteiger partial charge in [-0.1, -0.05) is 0 Å². The van der Waals surface area contributed by atoms with Gasteiger partial charge in [-0.15, -0.1) is 23.7 Å². The highest BCUT2D eigenvalue weighted by Crippen LogP contribution is 2.21. The second kappa shape index (κ2) is 5.65. The van der Waals surface area contributed by atoms with Gasteiger partial charge in [0.1, 0.15) is 0 Å². The summed E-state index contributed by atoms with van der Waals surface area (Å²) in [5, 5.41) is 6.11. The van der Waals surface area contributed by atoms with Gasteiger partial charge in [-0.3, -0.25) is 4.79 Å². The van der Waals surface area contributed by atoms with E-state index in [1.807, 2.05) is 23.7 Å². The fourth-order valence-corrected chi connectivity index (χ4v) is 2.73. The molecule has 3 rings (SSSR count). The standard InChI is InChI=1S/C12H13N3OS.ClH/c16-12(9-2-1-5-13-9)15-8-3-4-11-10(6-8)14-7-17-11;/h3-4,6-7,9,13H,1-2,5H2,(H,15,16);1H. The maximum absolute atomic E-state index is 11.9. The highest BCUT2D eigenvalue weighted by molar-refractivity contribution is 7.16. The maximum atomic E-state index is 11.9. The normalized spacial score (nSPS) is 18.6. The van der Waals surface area contributed by atoms with E-state index in [1.165, 1.54) is 0 Å². The van der Waals surface area contributed by atoms with Gasteiger partial charge in [-0.2, -0.15) is 0 Å². The summed E-state index contributed by atoms with van der Waals surface area (Å²) in [5.41, 5.74) is 3.57. The number of hydrogen-bond acceptors (Lipinski definition) is 4. The SMILES string of the molecule is Cl.O=C(Nc1ccc2scnc2c1)C1CCCN1. The molecule has 0 bridgehead atoms. The number of benzene rings is 1. The molecular weight excluding hydrogens is 270 g/mol. The van der Waals surface area contributed by atoms with Crippen molar-refractivity contribution < 1.29 is 4.79 Å². The topological polar surface area (TPSA) is 54.0 Å². The fraction of sp³-hybridized carbons (Fsp3) is 0.333. The molecule has 18 heavy (non-hydrogen) atoms. The molecule has 1 unspecified atom stereocenters. The van der Waals surface area contributed by atoms with Crippen molar-refractivity contribution in [2.45, 2.75) is 18.9 Å². The van der Waals surface area contributed by atoms with Gasteiger partial charge in [0.15, 0.2) is 0 Å². The van der Waals surface area contributed by atoms with E-state index in [0.29, 0.717) is 0 Å². The smallest absolute Gasteiger partial charge is 0.241 e. The third kappa shape index (κ3) is 2.63. The summed E-state index contributed by atoms with van der Waals surface area (Å²) in [6, 6.07) is 5.79. The van der Waals surface area contributed by atoms with E-state index in [2.05, 4.69) is 15.6 Å². The Morgan fingerprint density at radius 2 is 2.39 bits per heavy atom. The number of fused-ring (bicyclic) bond motifs is 1. The van der Waals surface area contributed by atoms with Gasteiger partial charge in [0.25, 0.3) is 0 Å². The van der Waals surface area contributed by atoms with Gasteiger partial charge in [0.05, 0.1) is 21.8 Å². The molecule has 0 aliphatic carbocycles. The summed E-state index contributed by atoms with van der Waals surface area (Å²) in [4.78, 5) is 16.1. The van der Waals surface area contributed by atoms with Gasteiger partial charge >= 0.3 is 0 Å². The summed E-state index contributed by atoms with van der Waals surface area (Å²) in [6.07, 6.45) is 1.99. The molecule has 4 nitrogen and oxygen atoms in total. The molecule has 2 aromatic rings. The molecule has 0 saturated carbocycles. The van der Waals surface area contributed by atoms with E-state index in [0.717, 1.165) is 35.3 Å². The lowest BCUT2D eigenvalue weighted by molar-refractivity contribution is -0.117. The van der Waals surface area contributed by atoms with Crippen molar-refractivity contribution in [1.29, 1.82) is 0 Å². The first-order valence-corrected chi connectivity index (χ1v) is 6.58. The summed E-state index contributed by atoms with van der Waals surface area (Å²) < 4.78 is 1.14. The van der Waals surface area contributed by atoms with Gasteiger partial charge in [-0.05, 0) is 37.6 Å². The molecule has 2 heterocycles. The molecule has 0 spiro atoms. The number of hydrogen-bond donors (Lipinski definition) is 2. The second-order valence-corrected chi connectivity index (χ2v) is 5.06. The van der Waals surface area contributed by atoms with Crippen LogP contribution in [0.5, 0.6) is 0 Å². The van der Waals surface area contributed by atoms with Crippen LogP contribution in [0.4, 0.5) is 5.69 Å². The summed E-state index contributed by atoms with van der Waals surface area (Å²) >= 11 is 1.60. The molecular formula is C12H14ClN3OS. The lowest BCUT2D eigenvalue weighted by atomic mass is 10.2. The van der Waals surface area contributed by atoms with Crippen LogP contribution in [0.25, 0.3) is 10.2 Å². The molecule has 1 aromatic heterocycles. The van der Waals surface area contributed by atoms with E-state index in [1.54, 1.807) is 11.3 Å². The van der Waals surface area contributed by atoms with Crippen molar-refractivity contribution in [2.75, 3.05) is 11.9 Å². The lowest BCUT2D eigenvalue weighted by Gasteiger charge is -2.10. The molecule has 1 amide bonds. The second-order valence-electron chi connectivity index (χ2n) is 4.17. The molecule has 1 aliphatic rings. The first-order chi connectivity index (χ1) is 8.33. The van der Waals surface area contributed by atoms with Crippen molar-refractivity contribution >= 4 is 45.6 Å². The first-order valence-electron chi connectivity index (χ1n) is 5.70. The average molecular weight is 284 g/mol. The summed E-state index contributed by atoms with van der Waals surface area (Å²) in [7, 11) is 0. The minimum Gasteiger partial charge on any atom is -0.325 e. The van der Waals surface area contributed by atoms with E-state index < -0.39 is 0 Å². The van der Waals surface area contributed by atoms with Crippen LogP contribution in [0.2, 0.25) is 0 Å². The summed E-state index contributed by atoms with van der Waals surface area (Å²) in [5.74, 6) is 0.0529. The zero-order valence-corrected chi connectivity index (χ0v) is 11.3. The Hall–Kier alpha value is -1.17. The predicted octanol–water partition coefficient (Wildman–Crippen LogP) is 2.41. The van der Waals surface area contributed by atoms with Crippen molar-refractivity contribution in [3.05, 3.63) is 23.7 Å². The van der Waals surface area contributed by atoms with Gasteiger partial charge < -0.3 is 10.6 Å². The number of rotatable bonds is 2. The summed E-state index contributed by atoms with van der Waals surface area (Å²) in [6.45, 7) is 0.934. The molecule has 96 valence electrons. The quantitative estimate of drug-likeness (QED) is 0.890. The van der Waals surface area contributed by atoms with Gasteiger partial charge in [0, 0.05) is 5.69 Å². The number of carbonyl (C=O) groups is 1. The highest BCUT2D eigenvalue weighted by Gasteiger charge is 2.21. The Bertz CT molecular complexity index is 551. The van der Waals surface area contributed by atoms with Gasteiger partial charge in [-0.25, -0.2) is 4.98 Å². The monoisotopic (exact) mass is 283 g/mol. The largest absolute Gasteiger partial charge is 0.325 e. The van der Waals surface area contributed by atoms with Crippen LogP contribution < -0.4 is 10.6 Å². The minimum atomic E-state index is -0.0406. The van der Waals surface area contributed by atoms with Crippen LogP contribution in [0, 0.1) is 0 Å². The van der Waals surface area contributed by atoms with Gasteiger partial charge in [0.2, 0.25) is 5.91 Å². The number of nitrogens with zero attached hydrogens (tertiary/aromatic N) is 1. The third-order valence-corrected chi connectivity index (χ3v) is 3.78. The number of anilines is 1.